The van der Waals surface area contributed by atoms with Gasteiger partial charge in [0.2, 0.25) is 5.82 Å². The summed E-state index contributed by atoms with van der Waals surface area (Å²) in [6.45, 7) is 3.30. The average molecular weight is 297 g/mol. The van der Waals surface area contributed by atoms with Gasteiger partial charge in [-0.1, -0.05) is 13.8 Å². The van der Waals surface area contributed by atoms with Crippen LogP contribution in [0.1, 0.15) is 20.3 Å². The van der Waals surface area contributed by atoms with Crippen molar-refractivity contribution >= 4 is 11.7 Å². The number of carbonyl (C=O) groups is 1. The highest BCUT2D eigenvalue weighted by Crippen LogP contribution is 2.28. The summed E-state index contributed by atoms with van der Waals surface area (Å²) in [5, 5.41) is 10.7. The second-order valence-corrected chi connectivity index (χ2v) is 4.61. The summed E-state index contributed by atoms with van der Waals surface area (Å²) in [7, 11) is 0. The fraction of sp³-hybridized carbons (Fsp3) is 0.417. The van der Waals surface area contributed by atoms with Crippen molar-refractivity contribution in [3.05, 3.63) is 29.1 Å². The summed E-state index contributed by atoms with van der Waals surface area (Å²) in [4.78, 5) is 10.9. The maximum absolute atomic E-state index is 13.4. The molecule has 20 heavy (non-hydrogen) atoms. The van der Waals surface area contributed by atoms with Gasteiger partial charge < -0.3 is 10.4 Å². The molecule has 0 radical (unpaired) electrons. The van der Waals surface area contributed by atoms with Crippen molar-refractivity contribution in [2.45, 2.75) is 26.3 Å². The molecule has 0 aliphatic carbocycles. The normalized spacial score (nSPS) is 12.6. The van der Waals surface area contributed by atoms with Crippen LogP contribution in [0, 0.1) is 35.0 Å². The maximum atomic E-state index is 13.4. The lowest BCUT2D eigenvalue weighted by Gasteiger charge is -2.19. The second-order valence-electron chi connectivity index (χ2n) is 4.61. The van der Waals surface area contributed by atoms with E-state index in [4.69, 9.17) is 5.11 Å². The number of hydrogen-bond donors (Lipinski definition) is 2. The molecule has 0 amide bonds. The van der Waals surface area contributed by atoms with Crippen molar-refractivity contribution in [1.82, 2.24) is 0 Å². The molecule has 0 aromatic heterocycles. The van der Waals surface area contributed by atoms with Gasteiger partial charge in [0, 0.05) is 0 Å². The van der Waals surface area contributed by atoms with Gasteiger partial charge in [-0.3, -0.25) is 0 Å². The van der Waals surface area contributed by atoms with Gasteiger partial charge in [-0.15, -0.1) is 0 Å². The lowest BCUT2D eigenvalue weighted by Crippen LogP contribution is -2.32. The maximum Gasteiger partial charge on any atom is 0.326 e. The quantitative estimate of drug-likeness (QED) is 0.498. The fourth-order valence-electron chi connectivity index (χ4n) is 1.60. The number of carboxylic acid groups (broad SMARTS) is 1. The van der Waals surface area contributed by atoms with Crippen LogP contribution in [-0.2, 0) is 4.79 Å². The Bertz CT molecular complexity index is 504. The van der Waals surface area contributed by atoms with E-state index in [2.05, 4.69) is 0 Å². The smallest absolute Gasteiger partial charge is 0.326 e. The minimum atomic E-state index is -2.29. The predicted molar refractivity (Wildman–Crippen MR) is 60.7 cm³/mol. The molecule has 0 saturated carbocycles. The average Bonchev–Trinajstić information content (AvgIpc) is 2.37. The van der Waals surface area contributed by atoms with E-state index in [1.807, 2.05) is 5.32 Å². The minimum Gasteiger partial charge on any atom is -0.480 e. The molecule has 0 heterocycles. The van der Waals surface area contributed by atoms with Crippen LogP contribution in [-0.4, -0.2) is 17.1 Å². The first kappa shape index (κ1) is 16.2. The molecule has 3 nitrogen and oxygen atoms in total. The Kier molecular flexibility index (Phi) is 4.91. The summed E-state index contributed by atoms with van der Waals surface area (Å²) in [5.74, 6) is -12.3. The van der Waals surface area contributed by atoms with Gasteiger partial charge in [-0.25, -0.2) is 26.7 Å². The molecule has 2 N–H and O–H groups in total. The highest BCUT2D eigenvalue weighted by Gasteiger charge is 2.29. The molecular weight excluding hydrogens is 285 g/mol. The SMILES string of the molecule is CC(C)CC(Nc1c(F)c(F)c(F)c(F)c1F)C(=O)O. The van der Waals surface area contributed by atoms with Gasteiger partial charge in [-0.2, -0.15) is 0 Å². The summed E-state index contributed by atoms with van der Waals surface area (Å²) < 4.78 is 65.5. The molecule has 0 aliphatic heterocycles. The van der Waals surface area contributed by atoms with E-state index in [0.717, 1.165) is 0 Å². The van der Waals surface area contributed by atoms with E-state index < -0.39 is 46.8 Å². The molecule has 0 bridgehead atoms. The molecule has 0 aliphatic rings. The molecule has 0 saturated heterocycles. The van der Waals surface area contributed by atoms with Crippen LogP contribution in [0.3, 0.4) is 0 Å². The van der Waals surface area contributed by atoms with Gasteiger partial charge in [-0.05, 0) is 12.3 Å². The van der Waals surface area contributed by atoms with E-state index in [9.17, 15) is 26.7 Å². The first-order chi connectivity index (χ1) is 9.16. The Morgan fingerprint density at radius 2 is 1.40 bits per heavy atom. The monoisotopic (exact) mass is 297 g/mol. The lowest BCUT2D eigenvalue weighted by atomic mass is 10.0. The number of benzene rings is 1. The molecule has 0 fully saturated rings. The van der Waals surface area contributed by atoms with Crippen molar-refractivity contribution in [2.75, 3.05) is 5.32 Å². The van der Waals surface area contributed by atoms with Gasteiger partial charge in [0.15, 0.2) is 23.3 Å². The number of hydrogen-bond acceptors (Lipinski definition) is 2. The number of nitrogens with one attached hydrogen (secondary N) is 1. The zero-order valence-electron chi connectivity index (χ0n) is 10.6. The number of aliphatic carboxylic acids is 1. The first-order valence-electron chi connectivity index (χ1n) is 5.67. The number of carboxylic acids is 1. The topological polar surface area (TPSA) is 49.3 Å². The molecule has 1 aromatic carbocycles. The summed E-state index contributed by atoms with van der Waals surface area (Å²) in [6, 6.07) is -1.47. The van der Waals surface area contributed by atoms with Crippen LogP contribution in [0.2, 0.25) is 0 Å². The summed E-state index contributed by atoms with van der Waals surface area (Å²) in [6.07, 6.45) is -0.0468. The number of anilines is 1. The number of rotatable bonds is 5. The third-order valence-corrected chi connectivity index (χ3v) is 2.53. The third-order valence-electron chi connectivity index (χ3n) is 2.53. The zero-order valence-corrected chi connectivity index (χ0v) is 10.6. The Morgan fingerprint density at radius 3 is 1.75 bits per heavy atom. The van der Waals surface area contributed by atoms with Crippen molar-refractivity contribution in [3.63, 3.8) is 0 Å². The van der Waals surface area contributed by atoms with E-state index >= 15 is 0 Å². The van der Waals surface area contributed by atoms with Crippen LogP contribution < -0.4 is 5.32 Å². The molecule has 112 valence electrons. The van der Waals surface area contributed by atoms with Crippen LogP contribution >= 0.6 is 0 Å². The number of halogens is 5. The third kappa shape index (κ3) is 3.17. The summed E-state index contributed by atoms with van der Waals surface area (Å²) in [5.41, 5.74) is -1.34. The Morgan fingerprint density at radius 1 is 1.00 bits per heavy atom. The van der Waals surface area contributed by atoms with Gasteiger partial charge in [0.1, 0.15) is 11.7 Å². The largest absolute Gasteiger partial charge is 0.480 e. The minimum absolute atomic E-state index is 0.0468. The van der Waals surface area contributed by atoms with Crippen molar-refractivity contribution < 1.29 is 31.9 Å². The highest BCUT2D eigenvalue weighted by atomic mass is 19.2. The standard InChI is InChI=1S/C12H12F5NO2/c1-4(2)3-5(12(19)20)18-11-9(16)7(14)6(13)8(15)10(11)17/h4-5,18H,3H2,1-2H3,(H,19,20). The van der Waals surface area contributed by atoms with Crippen molar-refractivity contribution in [3.8, 4) is 0 Å². The van der Waals surface area contributed by atoms with E-state index in [0.29, 0.717) is 0 Å². The van der Waals surface area contributed by atoms with Crippen LogP contribution in [0.5, 0.6) is 0 Å². The molecular formula is C12H12F5NO2. The van der Waals surface area contributed by atoms with Crippen LogP contribution in [0.15, 0.2) is 0 Å². The van der Waals surface area contributed by atoms with Crippen LogP contribution in [0.4, 0.5) is 27.6 Å². The van der Waals surface area contributed by atoms with E-state index in [1.54, 1.807) is 13.8 Å². The molecule has 8 heteroatoms. The van der Waals surface area contributed by atoms with Crippen molar-refractivity contribution in [1.29, 1.82) is 0 Å². The molecule has 1 unspecified atom stereocenters. The predicted octanol–water partition coefficient (Wildman–Crippen LogP) is 3.29. The Labute approximate surface area is 111 Å². The zero-order chi connectivity index (χ0) is 15.6. The van der Waals surface area contributed by atoms with Gasteiger partial charge >= 0.3 is 5.97 Å². The Balaban J connectivity index is 3.23. The fourth-order valence-corrected chi connectivity index (χ4v) is 1.60. The highest BCUT2D eigenvalue weighted by molar-refractivity contribution is 5.77. The molecule has 1 rings (SSSR count). The van der Waals surface area contributed by atoms with Crippen molar-refractivity contribution in [2.24, 2.45) is 5.92 Å². The first-order valence-corrected chi connectivity index (χ1v) is 5.67. The van der Waals surface area contributed by atoms with Gasteiger partial charge in [0.25, 0.3) is 0 Å². The summed E-state index contributed by atoms with van der Waals surface area (Å²) >= 11 is 0. The molecule has 1 atom stereocenters. The van der Waals surface area contributed by atoms with E-state index in [1.165, 1.54) is 0 Å². The second kappa shape index (κ2) is 6.06. The van der Waals surface area contributed by atoms with Gasteiger partial charge in [0.05, 0.1) is 0 Å². The lowest BCUT2D eigenvalue weighted by molar-refractivity contribution is -0.138. The molecule has 1 aromatic rings. The van der Waals surface area contributed by atoms with Crippen LogP contribution in [0.25, 0.3) is 0 Å². The Hall–Kier alpha value is -1.86. The molecule has 0 spiro atoms. The van der Waals surface area contributed by atoms with E-state index in [-0.39, 0.29) is 12.3 Å².